The molecule has 130 valence electrons. The van der Waals surface area contributed by atoms with E-state index in [-0.39, 0.29) is 17.4 Å². The van der Waals surface area contributed by atoms with E-state index in [4.69, 9.17) is 0 Å². The van der Waals surface area contributed by atoms with Crippen molar-refractivity contribution in [2.24, 2.45) is 0 Å². The molecule has 0 spiro atoms. The Morgan fingerprint density at radius 1 is 1.23 bits per heavy atom. The van der Waals surface area contributed by atoms with Gasteiger partial charge in [-0.25, -0.2) is 9.37 Å². The zero-order valence-electron chi connectivity index (χ0n) is 14.4. The summed E-state index contributed by atoms with van der Waals surface area (Å²) in [5, 5.41) is 3.74. The van der Waals surface area contributed by atoms with E-state index in [0.717, 1.165) is 30.8 Å². The van der Waals surface area contributed by atoms with Crippen molar-refractivity contribution in [1.29, 1.82) is 0 Å². The molecule has 1 aliphatic rings. The van der Waals surface area contributed by atoms with Gasteiger partial charge in [0.25, 0.3) is 5.56 Å². The highest BCUT2D eigenvalue weighted by Crippen LogP contribution is 2.23. The molecule has 1 aliphatic heterocycles. The molecule has 4 nitrogen and oxygen atoms in total. The first-order chi connectivity index (χ1) is 12.7. The minimum absolute atomic E-state index is 0.00684. The van der Waals surface area contributed by atoms with Crippen LogP contribution in [0.3, 0.4) is 0 Å². The molecule has 0 aliphatic carbocycles. The molecule has 0 saturated heterocycles. The first-order valence-electron chi connectivity index (χ1n) is 8.63. The Morgan fingerprint density at radius 3 is 2.81 bits per heavy atom. The Balaban J connectivity index is 1.75. The number of aromatic nitrogens is 2. The quantitative estimate of drug-likeness (QED) is 0.725. The van der Waals surface area contributed by atoms with Crippen LogP contribution in [-0.2, 0) is 6.42 Å². The van der Waals surface area contributed by atoms with E-state index in [0.29, 0.717) is 16.5 Å². The average molecular weight is 347 g/mol. The van der Waals surface area contributed by atoms with E-state index in [2.05, 4.69) is 22.1 Å². The molecule has 1 aromatic heterocycles. The van der Waals surface area contributed by atoms with Gasteiger partial charge >= 0.3 is 0 Å². The topological polar surface area (TPSA) is 46.9 Å². The lowest BCUT2D eigenvalue weighted by atomic mass is 10.1. The van der Waals surface area contributed by atoms with Crippen molar-refractivity contribution >= 4 is 10.9 Å². The van der Waals surface area contributed by atoms with Crippen LogP contribution in [-0.4, -0.2) is 23.1 Å². The van der Waals surface area contributed by atoms with Gasteiger partial charge in [-0.2, -0.15) is 0 Å². The molecule has 0 fully saturated rings. The highest BCUT2D eigenvalue weighted by atomic mass is 19.1. The van der Waals surface area contributed by atoms with Crippen LogP contribution in [0.1, 0.15) is 29.4 Å². The Labute approximate surface area is 150 Å². The van der Waals surface area contributed by atoms with E-state index in [1.165, 1.54) is 12.1 Å². The van der Waals surface area contributed by atoms with Crippen molar-refractivity contribution < 1.29 is 4.39 Å². The number of halogens is 1. The molecule has 4 rings (SSSR count). The molecule has 0 amide bonds. The van der Waals surface area contributed by atoms with E-state index in [1.807, 2.05) is 23.7 Å². The molecular formula is C21H18FN3O. The van der Waals surface area contributed by atoms with Crippen molar-refractivity contribution in [3.8, 4) is 11.8 Å². The molecule has 26 heavy (non-hydrogen) atoms. The molecule has 2 aromatic carbocycles. The fourth-order valence-corrected chi connectivity index (χ4v) is 3.44. The third-order valence-corrected chi connectivity index (χ3v) is 4.66. The summed E-state index contributed by atoms with van der Waals surface area (Å²) in [6.45, 7) is 0.761. The predicted molar refractivity (Wildman–Crippen MR) is 99.7 cm³/mol. The van der Waals surface area contributed by atoms with Crippen LogP contribution in [0.5, 0.6) is 0 Å². The number of nitrogens with one attached hydrogen (secondary N) is 1. The van der Waals surface area contributed by atoms with Gasteiger partial charge in [-0.1, -0.05) is 17.9 Å². The molecule has 2 heterocycles. The normalized spacial score (nSPS) is 15.5. The molecule has 3 aromatic rings. The molecule has 0 saturated carbocycles. The lowest BCUT2D eigenvalue weighted by Crippen LogP contribution is -2.29. The van der Waals surface area contributed by atoms with Crippen molar-refractivity contribution in [3.05, 3.63) is 75.6 Å². The van der Waals surface area contributed by atoms with Gasteiger partial charge in [0.05, 0.1) is 16.9 Å². The molecule has 1 N–H and O–H groups in total. The average Bonchev–Trinajstić information content (AvgIpc) is 3.03. The number of fused-ring (bicyclic) bond motifs is 2. The second-order valence-corrected chi connectivity index (χ2v) is 6.45. The summed E-state index contributed by atoms with van der Waals surface area (Å²) in [4.78, 5) is 17.5. The number of rotatable bonds is 2. The Kier molecular flexibility index (Phi) is 4.27. The smallest absolute Gasteiger partial charge is 0.261 e. The number of aryl methyl sites for hydroxylation is 1. The zero-order chi connectivity index (χ0) is 18.1. The van der Waals surface area contributed by atoms with Crippen LogP contribution >= 0.6 is 0 Å². The summed E-state index contributed by atoms with van der Waals surface area (Å²) < 4.78 is 15.1. The van der Waals surface area contributed by atoms with E-state index in [9.17, 15) is 9.18 Å². The second kappa shape index (κ2) is 6.74. The highest BCUT2D eigenvalue weighted by Gasteiger charge is 2.24. The summed E-state index contributed by atoms with van der Waals surface area (Å²) >= 11 is 0. The molecule has 0 radical (unpaired) electrons. The van der Waals surface area contributed by atoms with Gasteiger partial charge in [0, 0.05) is 24.1 Å². The molecule has 1 atom stereocenters. The monoisotopic (exact) mass is 347 g/mol. The summed E-state index contributed by atoms with van der Waals surface area (Å²) in [6.07, 6.45) is 1.72. The fourth-order valence-electron chi connectivity index (χ4n) is 3.44. The van der Waals surface area contributed by atoms with Crippen LogP contribution in [0.4, 0.5) is 4.39 Å². The van der Waals surface area contributed by atoms with E-state index >= 15 is 0 Å². The van der Waals surface area contributed by atoms with Crippen molar-refractivity contribution in [2.75, 3.05) is 13.6 Å². The standard InChI is InChI=1S/C21H18FN3O/c1-23-13-17-8-10-20-24-19-12-15(7-9-18(19)21(26)25(17)20)6-5-14-3-2-4-16(22)11-14/h2-4,7,9,11-12,17,23H,8,10,13H2,1H3. The SMILES string of the molecule is CNCC1CCc2nc3cc(C#Cc4cccc(F)c4)ccc3c(=O)n21. The van der Waals surface area contributed by atoms with Crippen LogP contribution in [0.2, 0.25) is 0 Å². The number of hydrogen-bond acceptors (Lipinski definition) is 3. The van der Waals surface area contributed by atoms with Crippen LogP contribution in [0.15, 0.2) is 47.3 Å². The maximum absolute atomic E-state index is 13.2. The van der Waals surface area contributed by atoms with Crippen molar-refractivity contribution in [3.63, 3.8) is 0 Å². The van der Waals surface area contributed by atoms with Crippen LogP contribution in [0, 0.1) is 17.7 Å². The van der Waals surface area contributed by atoms with E-state index in [1.54, 1.807) is 18.2 Å². The van der Waals surface area contributed by atoms with Gasteiger partial charge in [-0.05, 0) is 49.9 Å². The predicted octanol–water partition coefficient (Wildman–Crippen LogP) is 2.64. The van der Waals surface area contributed by atoms with Crippen LogP contribution < -0.4 is 10.9 Å². The van der Waals surface area contributed by atoms with Gasteiger partial charge in [0.15, 0.2) is 0 Å². The maximum atomic E-state index is 13.2. The van der Waals surface area contributed by atoms with Gasteiger partial charge in [0.2, 0.25) is 0 Å². The van der Waals surface area contributed by atoms with Gasteiger partial charge < -0.3 is 5.32 Å². The Bertz CT molecular complexity index is 1110. The number of hydrogen-bond donors (Lipinski definition) is 1. The number of benzene rings is 2. The molecule has 5 heteroatoms. The first kappa shape index (κ1) is 16.5. The van der Waals surface area contributed by atoms with Crippen molar-refractivity contribution in [2.45, 2.75) is 18.9 Å². The summed E-state index contributed by atoms with van der Waals surface area (Å²) in [5.41, 5.74) is 2.04. The zero-order valence-corrected chi connectivity index (χ0v) is 14.4. The van der Waals surface area contributed by atoms with E-state index < -0.39 is 0 Å². The van der Waals surface area contributed by atoms with Gasteiger partial charge in [-0.15, -0.1) is 0 Å². The summed E-state index contributed by atoms with van der Waals surface area (Å²) in [7, 11) is 1.89. The second-order valence-electron chi connectivity index (χ2n) is 6.45. The minimum Gasteiger partial charge on any atom is -0.318 e. The fraction of sp³-hybridized carbons (Fsp3) is 0.238. The third kappa shape index (κ3) is 3.00. The maximum Gasteiger partial charge on any atom is 0.261 e. The highest BCUT2D eigenvalue weighted by molar-refractivity contribution is 5.79. The Hall–Kier alpha value is -2.97. The Morgan fingerprint density at radius 2 is 2.04 bits per heavy atom. The first-order valence-corrected chi connectivity index (χ1v) is 8.63. The van der Waals surface area contributed by atoms with Crippen molar-refractivity contribution in [1.82, 2.24) is 14.9 Å². The lowest BCUT2D eigenvalue weighted by Gasteiger charge is -2.14. The number of likely N-dealkylation sites (N-methyl/N-ethyl adjacent to an activating group) is 1. The summed E-state index contributed by atoms with van der Waals surface area (Å²) in [5.74, 6) is 6.49. The number of nitrogens with zero attached hydrogens (tertiary/aromatic N) is 2. The molecule has 0 bridgehead atoms. The van der Waals surface area contributed by atoms with Gasteiger partial charge in [-0.3, -0.25) is 9.36 Å². The van der Waals surface area contributed by atoms with Crippen LogP contribution in [0.25, 0.3) is 10.9 Å². The third-order valence-electron chi connectivity index (χ3n) is 4.66. The lowest BCUT2D eigenvalue weighted by molar-refractivity contribution is 0.489. The largest absolute Gasteiger partial charge is 0.318 e. The molecular weight excluding hydrogens is 329 g/mol. The van der Waals surface area contributed by atoms with Gasteiger partial charge in [0.1, 0.15) is 11.6 Å². The minimum atomic E-state index is -0.309. The summed E-state index contributed by atoms with van der Waals surface area (Å²) in [6, 6.07) is 11.8. The molecule has 1 unspecified atom stereocenters.